The van der Waals surface area contributed by atoms with Crippen molar-refractivity contribution in [1.29, 1.82) is 0 Å². The number of hydrogen-bond donors (Lipinski definition) is 2. The Kier molecular flexibility index (Phi) is 13.0. The first kappa shape index (κ1) is 40.9. The molecule has 0 saturated carbocycles. The molecule has 1 fully saturated rings. The molecule has 4 aromatic carbocycles. The fourth-order valence-electron chi connectivity index (χ4n) is 6.84. The molecule has 16 heteroatoms. The van der Waals surface area contributed by atoms with E-state index in [1.54, 1.807) is 18.0 Å². The van der Waals surface area contributed by atoms with Crippen molar-refractivity contribution in [3.8, 4) is 11.1 Å². The van der Waals surface area contributed by atoms with Gasteiger partial charge in [-0.15, -0.1) is 11.8 Å². The van der Waals surface area contributed by atoms with E-state index in [1.807, 2.05) is 74.8 Å². The summed E-state index contributed by atoms with van der Waals surface area (Å²) in [4.78, 5) is 32.4. The lowest BCUT2D eigenvalue weighted by molar-refractivity contribution is -0.384. The number of hydrogen-bond acceptors (Lipinski definition) is 12. The van der Waals surface area contributed by atoms with Gasteiger partial charge in [-0.2, -0.15) is 0 Å². The molecule has 0 amide bonds. The van der Waals surface area contributed by atoms with E-state index in [0.29, 0.717) is 16.3 Å². The van der Waals surface area contributed by atoms with Crippen LogP contribution < -0.4 is 14.9 Å². The Morgan fingerprint density at radius 3 is 2.40 bits per heavy atom. The van der Waals surface area contributed by atoms with Gasteiger partial charge in [0.1, 0.15) is 17.5 Å². The molecular weight excluding hydrogens is 794 g/mol. The van der Waals surface area contributed by atoms with Gasteiger partial charge in [-0.25, -0.2) is 23.4 Å². The highest BCUT2D eigenvalue weighted by Gasteiger charge is 2.25. The van der Waals surface area contributed by atoms with E-state index >= 15 is 0 Å². The van der Waals surface area contributed by atoms with Crippen LogP contribution in [0.5, 0.6) is 0 Å². The summed E-state index contributed by atoms with van der Waals surface area (Å²) in [6.07, 6.45) is 3.69. The minimum Gasteiger partial charge on any atom is -0.376 e. The van der Waals surface area contributed by atoms with E-state index in [-0.39, 0.29) is 33.6 Å². The van der Waals surface area contributed by atoms with Gasteiger partial charge >= 0.3 is 0 Å². The summed E-state index contributed by atoms with van der Waals surface area (Å²) in [5.74, 6) is 0.635. The maximum Gasteiger partial charge on any atom is 0.293 e. The van der Waals surface area contributed by atoms with Crippen LogP contribution in [0.2, 0.25) is 5.02 Å². The first-order valence-electron chi connectivity index (χ1n) is 18.8. The van der Waals surface area contributed by atoms with Crippen molar-refractivity contribution in [3.05, 3.63) is 136 Å². The van der Waals surface area contributed by atoms with Crippen LogP contribution in [-0.4, -0.2) is 96.7 Å². The van der Waals surface area contributed by atoms with Gasteiger partial charge in [0, 0.05) is 60.5 Å². The third kappa shape index (κ3) is 10.2. The average Bonchev–Trinajstić information content (AvgIpc) is 3.23. The first-order valence-corrected chi connectivity index (χ1v) is 21.7. The molecule has 0 bridgehead atoms. The molecule has 58 heavy (non-hydrogen) atoms. The molecule has 6 aromatic rings. The quantitative estimate of drug-likeness (QED) is 0.0555. The fraction of sp³-hybridized carbons (Fsp3) is 0.262. The lowest BCUT2D eigenvalue weighted by Crippen LogP contribution is -2.46. The number of nitro groups is 1. The van der Waals surface area contributed by atoms with Gasteiger partial charge in [0.25, 0.3) is 15.7 Å². The van der Waals surface area contributed by atoms with E-state index in [4.69, 9.17) is 11.6 Å². The molecule has 7 rings (SSSR count). The smallest absolute Gasteiger partial charge is 0.293 e. The number of nitrogens with one attached hydrogen (secondary N) is 2. The predicted molar refractivity (Wildman–Crippen MR) is 233 cm³/mol. The second-order valence-electron chi connectivity index (χ2n) is 14.3. The Morgan fingerprint density at radius 1 is 0.914 bits per heavy atom. The number of benzene rings is 4. The van der Waals surface area contributed by atoms with Gasteiger partial charge in [-0.05, 0) is 86.2 Å². The van der Waals surface area contributed by atoms with Crippen molar-refractivity contribution in [3.63, 3.8) is 0 Å². The number of pyridine rings is 1. The van der Waals surface area contributed by atoms with Crippen molar-refractivity contribution in [2.24, 2.45) is 0 Å². The summed E-state index contributed by atoms with van der Waals surface area (Å²) in [7, 11) is -0.360. The molecule has 13 nitrogen and oxygen atoms in total. The number of nitro benzene ring substituents is 1. The number of sulfonamides is 1. The third-order valence-corrected chi connectivity index (χ3v) is 12.7. The van der Waals surface area contributed by atoms with Crippen LogP contribution in [0.3, 0.4) is 0 Å². The van der Waals surface area contributed by atoms with Crippen molar-refractivity contribution in [2.45, 2.75) is 28.8 Å². The maximum atomic E-state index is 13.7. The van der Waals surface area contributed by atoms with E-state index in [1.165, 1.54) is 29.6 Å². The lowest BCUT2D eigenvalue weighted by Gasteiger charge is -2.36. The van der Waals surface area contributed by atoms with Gasteiger partial charge in [0.05, 0.1) is 27.2 Å². The SMILES string of the molecule is CN(C)CC[C@H](CSc1ccccc1)Nc1ccc(S(=O)(=O)Nc2ncnc3cc(N4CCN(Cc5ccccc5-c5ccc(Cl)cc5)CC4)cnc23)cc1[N+](=O)[O-]. The number of aromatic nitrogens is 3. The van der Waals surface area contributed by atoms with Crippen molar-refractivity contribution < 1.29 is 13.3 Å². The minimum absolute atomic E-state index is 0.0211. The molecule has 300 valence electrons. The summed E-state index contributed by atoms with van der Waals surface area (Å²) in [5, 5.41) is 16.3. The summed E-state index contributed by atoms with van der Waals surface area (Å²) < 4.78 is 29.9. The van der Waals surface area contributed by atoms with Gasteiger partial charge in [0.2, 0.25) is 0 Å². The fourth-order valence-corrected chi connectivity index (χ4v) is 8.99. The molecule has 3 heterocycles. The number of anilines is 3. The molecule has 1 aliphatic heterocycles. The topological polar surface area (TPSA) is 150 Å². The van der Waals surface area contributed by atoms with Crippen LogP contribution in [0.25, 0.3) is 22.2 Å². The third-order valence-electron chi connectivity index (χ3n) is 9.95. The van der Waals surface area contributed by atoms with Gasteiger partial charge in [0.15, 0.2) is 5.82 Å². The van der Waals surface area contributed by atoms with Crippen molar-refractivity contribution in [2.75, 3.05) is 67.5 Å². The van der Waals surface area contributed by atoms with E-state index in [9.17, 15) is 18.5 Å². The number of fused-ring (bicyclic) bond motifs is 1. The van der Waals surface area contributed by atoms with Crippen LogP contribution in [0.1, 0.15) is 12.0 Å². The molecule has 2 N–H and O–H groups in total. The second kappa shape index (κ2) is 18.5. The Balaban J connectivity index is 1.02. The Labute approximate surface area is 347 Å². The summed E-state index contributed by atoms with van der Waals surface area (Å²) >= 11 is 7.79. The average molecular weight is 838 g/mol. The highest BCUT2D eigenvalue weighted by atomic mass is 35.5. The van der Waals surface area contributed by atoms with E-state index in [0.717, 1.165) is 67.9 Å². The minimum atomic E-state index is -4.30. The van der Waals surface area contributed by atoms with E-state index in [2.05, 4.69) is 64.0 Å². The molecule has 0 radical (unpaired) electrons. The normalized spacial score (nSPS) is 14.1. The van der Waals surface area contributed by atoms with Crippen LogP contribution in [0.4, 0.5) is 22.9 Å². The summed E-state index contributed by atoms with van der Waals surface area (Å²) in [6.45, 7) is 4.79. The summed E-state index contributed by atoms with van der Waals surface area (Å²) in [6, 6.07) is 31.9. The number of halogens is 1. The zero-order valence-corrected chi connectivity index (χ0v) is 34.6. The van der Waals surface area contributed by atoms with Gasteiger partial charge in [-0.3, -0.25) is 19.7 Å². The number of thioether (sulfide) groups is 1. The summed E-state index contributed by atoms with van der Waals surface area (Å²) in [5.41, 5.74) is 5.06. The lowest BCUT2D eigenvalue weighted by atomic mass is 9.99. The standard InChI is InChI=1S/C42H44ClN9O4S2/c1-49(2)19-18-33(28-57-35-9-4-3-5-10-35)47-38-17-16-36(25-40(38)52(53)54)58(55,56)48-42-41-39(45-29-46-42)24-34(26-44-41)51-22-20-50(21-23-51)27-31-8-6-7-11-37(31)30-12-14-32(43)15-13-30/h3-17,24-26,29,33,47H,18-23,27-28H2,1-2H3,(H,45,46,48)/t33-/m1/s1. The molecule has 1 atom stereocenters. The second-order valence-corrected chi connectivity index (χ2v) is 17.5. The van der Waals surface area contributed by atoms with Crippen LogP contribution in [-0.2, 0) is 16.6 Å². The number of nitrogens with zero attached hydrogens (tertiary/aromatic N) is 7. The highest BCUT2D eigenvalue weighted by Crippen LogP contribution is 2.32. The Hall–Kier alpha value is -5.32. The first-order chi connectivity index (χ1) is 28.0. The molecule has 0 spiro atoms. The highest BCUT2D eigenvalue weighted by molar-refractivity contribution is 7.99. The molecule has 0 unspecified atom stereocenters. The zero-order chi connectivity index (χ0) is 40.6. The Morgan fingerprint density at radius 2 is 1.66 bits per heavy atom. The maximum absolute atomic E-state index is 13.7. The number of rotatable bonds is 16. The monoisotopic (exact) mass is 837 g/mol. The molecular formula is C42H44ClN9O4S2. The van der Waals surface area contributed by atoms with Crippen LogP contribution >= 0.6 is 23.4 Å². The van der Waals surface area contributed by atoms with Crippen LogP contribution in [0, 0.1) is 10.1 Å². The van der Waals surface area contributed by atoms with Gasteiger partial charge < -0.3 is 15.1 Å². The molecule has 1 saturated heterocycles. The Bertz CT molecular complexity index is 2470. The van der Waals surface area contributed by atoms with Gasteiger partial charge in [-0.1, -0.05) is 66.2 Å². The van der Waals surface area contributed by atoms with Crippen molar-refractivity contribution in [1.82, 2.24) is 24.8 Å². The van der Waals surface area contributed by atoms with Crippen molar-refractivity contribution >= 4 is 67.3 Å². The zero-order valence-electron chi connectivity index (χ0n) is 32.2. The molecule has 2 aromatic heterocycles. The van der Waals surface area contributed by atoms with E-state index < -0.39 is 14.9 Å². The largest absolute Gasteiger partial charge is 0.376 e. The predicted octanol–water partition coefficient (Wildman–Crippen LogP) is 7.90. The molecule has 1 aliphatic rings. The number of piperazine rings is 1. The molecule has 0 aliphatic carbocycles. The van der Waals surface area contributed by atoms with Crippen LogP contribution in [0.15, 0.2) is 125 Å².